The van der Waals surface area contributed by atoms with Crippen LogP contribution in [0, 0.1) is 0 Å². The number of rotatable bonds is 9. The lowest BCUT2D eigenvalue weighted by molar-refractivity contribution is 0.0526. The summed E-state index contributed by atoms with van der Waals surface area (Å²) < 4.78 is 10.3. The molecule has 0 saturated carbocycles. The Morgan fingerprint density at radius 2 is 1.81 bits per heavy atom. The molecule has 0 aliphatic heterocycles. The number of alkyl carbamates (subject to hydrolysis) is 2. The van der Waals surface area contributed by atoms with Gasteiger partial charge in [0.25, 0.3) is 0 Å². The van der Waals surface area contributed by atoms with Gasteiger partial charge in [-0.1, -0.05) is 30.3 Å². The van der Waals surface area contributed by atoms with Crippen molar-refractivity contribution in [2.24, 2.45) is 0 Å². The van der Waals surface area contributed by atoms with Gasteiger partial charge in [0.2, 0.25) is 0 Å². The standard InChI is InChI=1S/C19H30N2O5/c1-19(2,3)26-17(23)20-12-7-10-16(11-13-22)21-18(24)25-14-15-8-5-4-6-9-15/h4-6,8-9,16,22H,7,10-14H2,1-3H3,(H,20,23)(H,21,24)/t16-/m0/s1. The van der Waals surface area contributed by atoms with E-state index in [0.717, 1.165) is 5.56 Å². The maximum absolute atomic E-state index is 11.9. The summed E-state index contributed by atoms with van der Waals surface area (Å²) in [7, 11) is 0. The molecule has 0 radical (unpaired) electrons. The van der Waals surface area contributed by atoms with E-state index in [-0.39, 0.29) is 19.3 Å². The van der Waals surface area contributed by atoms with E-state index in [1.165, 1.54) is 0 Å². The van der Waals surface area contributed by atoms with Gasteiger partial charge in [-0.2, -0.15) is 0 Å². The van der Waals surface area contributed by atoms with Crippen molar-refractivity contribution in [3.63, 3.8) is 0 Å². The number of aliphatic hydroxyl groups excluding tert-OH is 1. The summed E-state index contributed by atoms with van der Waals surface area (Å²) in [5.74, 6) is 0. The molecule has 3 N–H and O–H groups in total. The van der Waals surface area contributed by atoms with Gasteiger partial charge >= 0.3 is 12.2 Å². The largest absolute Gasteiger partial charge is 0.445 e. The van der Waals surface area contributed by atoms with Gasteiger partial charge in [-0.3, -0.25) is 0 Å². The Balaban J connectivity index is 2.27. The van der Waals surface area contributed by atoms with E-state index in [9.17, 15) is 9.59 Å². The molecule has 0 unspecified atom stereocenters. The lowest BCUT2D eigenvalue weighted by atomic mass is 10.1. The summed E-state index contributed by atoms with van der Waals surface area (Å²) in [6, 6.07) is 9.18. The van der Waals surface area contributed by atoms with Crippen molar-refractivity contribution < 1.29 is 24.2 Å². The summed E-state index contributed by atoms with van der Waals surface area (Å²) >= 11 is 0. The molecule has 0 heterocycles. The number of carbonyl (C=O) groups excluding carboxylic acids is 2. The van der Waals surface area contributed by atoms with Crippen molar-refractivity contribution in [2.75, 3.05) is 13.2 Å². The summed E-state index contributed by atoms with van der Waals surface area (Å²) in [6.07, 6.45) is 0.686. The highest BCUT2D eigenvalue weighted by Gasteiger charge is 2.16. The lowest BCUT2D eigenvalue weighted by Crippen LogP contribution is -2.37. The highest BCUT2D eigenvalue weighted by atomic mass is 16.6. The van der Waals surface area contributed by atoms with E-state index < -0.39 is 17.8 Å². The van der Waals surface area contributed by atoms with Gasteiger partial charge in [0, 0.05) is 19.2 Å². The van der Waals surface area contributed by atoms with Crippen LogP contribution in [0.4, 0.5) is 9.59 Å². The minimum atomic E-state index is -0.534. The van der Waals surface area contributed by atoms with Crippen LogP contribution in [-0.2, 0) is 16.1 Å². The zero-order chi connectivity index (χ0) is 19.4. The maximum atomic E-state index is 11.9. The third kappa shape index (κ3) is 10.6. The van der Waals surface area contributed by atoms with Crippen molar-refractivity contribution in [3.8, 4) is 0 Å². The van der Waals surface area contributed by atoms with Crippen LogP contribution < -0.4 is 10.6 Å². The number of ether oxygens (including phenoxy) is 2. The Morgan fingerprint density at radius 1 is 1.12 bits per heavy atom. The molecule has 0 saturated heterocycles. The maximum Gasteiger partial charge on any atom is 0.407 e. The first-order valence-corrected chi connectivity index (χ1v) is 8.85. The SMILES string of the molecule is CC(C)(C)OC(=O)NCCC[C@@H](CCO)NC(=O)OCc1ccccc1. The summed E-state index contributed by atoms with van der Waals surface area (Å²) in [5, 5.41) is 14.6. The zero-order valence-corrected chi connectivity index (χ0v) is 15.8. The van der Waals surface area contributed by atoms with E-state index in [4.69, 9.17) is 14.6 Å². The number of benzene rings is 1. The molecule has 0 fully saturated rings. The number of hydrogen-bond donors (Lipinski definition) is 3. The number of hydrogen-bond acceptors (Lipinski definition) is 5. The van der Waals surface area contributed by atoms with Gasteiger partial charge in [0.05, 0.1) is 0 Å². The average molecular weight is 366 g/mol. The van der Waals surface area contributed by atoms with Gasteiger partial charge < -0.3 is 25.2 Å². The first kappa shape index (κ1) is 21.8. The van der Waals surface area contributed by atoms with Crippen molar-refractivity contribution in [1.82, 2.24) is 10.6 Å². The molecule has 0 aromatic heterocycles. The Labute approximate surface area is 155 Å². The third-order valence-electron chi connectivity index (χ3n) is 3.41. The monoisotopic (exact) mass is 366 g/mol. The highest BCUT2D eigenvalue weighted by molar-refractivity contribution is 5.68. The molecule has 1 atom stereocenters. The molecule has 1 aromatic rings. The quantitative estimate of drug-likeness (QED) is 0.584. The predicted octanol–water partition coefficient (Wildman–Crippen LogP) is 2.97. The van der Waals surface area contributed by atoms with Crippen LogP contribution in [0.2, 0.25) is 0 Å². The molecule has 7 heteroatoms. The fourth-order valence-electron chi connectivity index (χ4n) is 2.23. The second-order valence-corrected chi connectivity index (χ2v) is 6.99. The zero-order valence-electron chi connectivity index (χ0n) is 15.8. The smallest absolute Gasteiger partial charge is 0.407 e. The molecule has 1 rings (SSSR count). The lowest BCUT2D eigenvalue weighted by Gasteiger charge is -2.20. The van der Waals surface area contributed by atoms with E-state index >= 15 is 0 Å². The molecular weight excluding hydrogens is 336 g/mol. The number of amides is 2. The van der Waals surface area contributed by atoms with Gasteiger partial charge in [-0.25, -0.2) is 9.59 Å². The molecule has 0 bridgehead atoms. The van der Waals surface area contributed by atoms with E-state index in [1.54, 1.807) is 20.8 Å². The molecule has 0 aliphatic rings. The second-order valence-electron chi connectivity index (χ2n) is 6.99. The minimum Gasteiger partial charge on any atom is -0.445 e. The van der Waals surface area contributed by atoms with Crippen LogP contribution in [0.5, 0.6) is 0 Å². The molecule has 7 nitrogen and oxygen atoms in total. The van der Waals surface area contributed by atoms with Gasteiger partial charge in [-0.05, 0) is 45.6 Å². The molecule has 146 valence electrons. The molecule has 0 aliphatic carbocycles. The Hall–Kier alpha value is -2.28. The van der Waals surface area contributed by atoms with Crippen LogP contribution in [0.25, 0.3) is 0 Å². The van der Waals surface area contributed by atoms with Crippen molar-refractivity contribution in [2.45, 2.75) is 58.3 Å². The van der Waals surface area contributed by atoms with E-state index in [2.05, 4.69) is 10.6 Å². The first-order valence-electron chi connectivity index (χ1n) is 8.85. The van der Waals surface area contributed by atoms with Crippen LogP contribution in [0.15, 0.2) is 30.3 Å². The number of nitrogens with one attached hydrogen (secondary N) is 2. The molecule has 1 aromatic carbocycles. The molecule has 26 heavy (non-hydrogen) atoms. The van der Waals surface area contributed by atoms with Crippen LogP contribution in [0.1, 0.15) is 45.6 Å². The summed E-state index contributed by atoms with van der Waals surface area (Å²) in [6.45, 7) is 5.98. The third-order valence-corrected chi connectivity index (χ3v) is 3.41. The topological polar surface area (TPSA) is 96.9 Å². The van der Waals surface area contributed by atoms with Crippen LogP contribution in [0.3, 0.4) is 0 Å². The van der Waals surface area contributed by atoms with Crippen molar-refractivity contribution in [3.05, 3.63) is 35.9 Å². The highest BCUT2D eigenvalue weighted by Crippen LogP contribution is 2.07. The normalized spacial score (nSPS) is 12.2. The Kier molecular flexibility index (Phi) is 9.51. The molecular formula is C19H30N2O5. The van der Waals surface area contributed by atoms with E-state index in [0.29, 0.717) is 25.8 Å². The molecule has 0 spiro atoms. The van der Waals surface area contributed by atoms with Crippen molar-refractivity contribution in [1.29, 1.82) is 0 Å². The summed E-state index contributed by atoms with van der Waals surface area (Å²) in [5.41, 5.74) is 0.371. The van der Waals surface area contributed by atoms with Crippen LogP contribution in [-0.4, -0.2) is 42.1 Å². The van der Waals surface area contributed by atoms with Crippen LogP contribution >= 0.6 is 0 Å². The Bertz CT molecular complexity index is 543. The van der Waals surface area contributed by atoms with Gasteiger partial charge in [-0.15, -0.1) is 0 Å². The fourth-order valence-corrected chi connectivity index (χ4v) is 2.23. The number of carbonyl (C=O) groups is 2. The average Bonchev–Trinajstić information content (AvgIpc) is 2.56. The van der Waals surface area contributed by atoms with Gasteiger partial charge in [0.1, 0.15) is 12.2 Å². The second kappa shape index (κ2) is 11.4. The van der Waals surface area contributed by atoms with Gasteiger partial charge in [0.15, 0.2) is 0 Å². The summed E-state index contributed by atoms with van der Waals surface area (Å²) in [4.78, 5) is 23.5. The number of aliphatic hydroxyl groups is 1. The predicted molar refractivity (Wildman–Crippen MR) is 98.7 cm³/mol. The fraction of sp³-hybridized carbons (Fsp3) is 0.579. The van der Waals surface area contributed by atoms with Crippen molar-refractivity contribution >= 4 is 12.2 Å². The minimum absolute atomic E-state index is 0.0386. The Morgan fingerprint density at radius 3 is 2.42 bits per heavy atom. The first-order chi connectivity index (χ1) is 12.3. The molecule has 2 amide bonds. The van der Waals surface area contributed by atoms with E-state index in [1.807, 2.05) is 30.3 Å².